The average Bonchev–Trinajstić information content (AvgIpc) is 3.08. The van der Waals surface area contributed by atoms with Crippen LogP contribution in [0.15, 0.2) is 18.2 Å². The Bertz CT molecular complexity index is 755. The third-order valence-corrected chi connectivity index (χ3v) is 6.18. The van der Waals surface area contributed by atoms with Gasteiger partial charge in [-0.15, -0.1) is 0 Å². The summed E-state index contributed by atoms with van der Waals surface area (Å²) in [6.45, 7) is 16.0. The molecule has 1 unspecified atom stereocenters. The van der Waals surface area contributed by atoms with Crippen molar-refractivity contribution in [3.8, 4) is 0 Å². The van der Waals surface area contributed by atoms with Crippen LogP contribution in [0.1, 0.15) is 90.5 Å². The lowest BCUT2D eigenvalue weighted by atomic mass is 9.83. The Morgan fingerprint density at radius 3 is 2.13 bits per heavy atom. The van der Waals surface area contributed by atoms with Crippen LogP contribution in [-0.2, 0) is 22.4 Å². The minimum absolute atomic E-state index is 0.153. The molecule has 0 heterocycles. The van der Waals surface area contributed by atoms with E-state index in [-0.39, 0.29) is 23.3 Å². The molecule has 0 radical (unpaired) electrons. The van der Waals surface area contributed by atoms with E-state index in [0.29, 0.717) is 0 Å². The maximum absolute atomic E-state index is 13.2. The number of rotatable bonds is 8. The van der Waals surface area contributed by atoms with E-state index in [1.807, 2.05) is 37.6 Å². The number of carbonyl (C=O) groups excluding carboxylic acids is 2. The molecule has 1 aromatic rings. The predicted molar refractivity (Wildman–Crippen MR) is 124 cm³/mol. The normalized spacial score (nSPS) is 16.3. The highest BCUT2D eigenvalue weighted by Crippen LogP contribution is 2.38. The van der Waals surface area contributed by atoms with Crippen LogP contribution in [0.25, 0.3) is 0 Å². The van der Waals surface area contributed by atoms with Crippen LogP contribution in [0.2, 0.25) is 0 Å². The van der Waals surface area contributed by atoms with Crippen LogP contribution in [0, 0.1) is 10.8 Å². The Balaban J connectivity index is 2.17. The van der Waals surface area contributed by atoms with Gasteiger partial charge in [0.15, 0.2) is 0 Å². The van der Waals surface area contributed by atoms with Crippen molar-refractivity contribution in [2.45, 2.75) is 86.6 Å². The van der Waals surface area contributed by atoms with Crippen LogP contribution in [0.5, 0.6) is 0 Å². The first-order chi connectivity index (χ1) is 13.9. The maximum Gasteiger partial charge on any atom is 0.228 e. The van der Waals surface area contributed by atoms with Crippen LogP contribution in [0.3, 0.4) is 0 Å². The minimum Gasteiger partial charge on any atom is -0.342 e. The summed E-state index contributed by atoms with van der Waals surface area (Å²) in [7, 11) is 1.93. The molecule has 1 aliphatic carbocycles. The molecule has 0 aromatic heterocycles. The highest BCUT2D eigenvalue weighted by atomic mass is 16.2. The molecule has 0 saturated carbocycles. The number of fused-ring (bicyclic) bond motifs is 1. The minimum atomic E-state index is -0.421. The topological polar surface area (TPSA) is 40.6 Å². The summed E-state index contributed by atoms with van der Waals surface area (Å²) in [6, 6.07) is 6.76. The number of carbonyl (C=O) groups is 2. The van der Waals surface area contributed by atoms with Crippen LogP contribution < -0.4 is 0 Å². The fourth-order valence-electron chi connectivity index (χ4n) is 4.70. The summed E-state index contributed by atoms with van der Waals surface area (Å²) in [5.74, 6) is 0.433. The van der Waals surface area contributed by atoms with Crippen LogP contribution in [0.4, 0.5) is 0 Å². The highest BCUT2D eigenvalue weighted by Gasteiger charge is 2.35. The van der Waals surface area contributed by atoms with E-state index in [1.165, 1.54) is 16.7 Å². The number of hydrogen-bond acceptors (Lipinski definition) is 2. The second-order valence-corrected chi connectivity index (χ2v) is 10.6. The Labute approximate surface area is 184 Å². The SMILES string of the molecule is CCCN(CCC)C(=O)C(C)(C)Cc1ccc2c(c1)CCC2N(C)C(=O)C(C)(C)C. The molecule has 2 rings (SSSR count). The Morgan fingerprint density at radius 1 is 1.00 bits per heavy atom. The molecule has 0 aliphatic heterocycles. The Hall–Kier alpha value is -1.84. The first-order valence-corrected chi connectivity index (χ1v) is 11.6. The lowest BCUT2D eigenvalue weighted by Crippen LogP contribution is -2.42. The van der Waals surface area contributed by atoms with Crippen molar-refractivity contribution in [3.05, 3.63) is 34.9 Å². The zero-order chi connectivity index (χ0) is 22.7. The largest absolute Gasteiger partial charge is 0.342 e. The molecule has 0 bridgehead atoms. The van der Waals surface area contributed by atoms with Gasteiger partial charge in [0, 0.05) is 31.0 Å². The third kappa shape index (κ3) is 5.44. The zero-order valence-corrected chi connectivity index (χ0v) is 20.5. The molecule has 1 aliphatic rings. The molecule has 1 aromatic carbocycles. The molecule has 168 valence electrons. The fourth-order valence-corrected chi connectivity index (χ4v) is 4.70. The van der Waals surface area contributed by atoms with Gasteiger partial charge in [-0.1, -0.05) is 66.7 Å². The van der Waals surface area contributed by atoms with Crippen molar-refractivity contribution in [3.63, 3.8) is 0 Å². The van der Waals surface area contributed by atoms with E-state index in [0.717, 1.165) is 45.2 Å². The van der Waals surface area contributed by atoms with Gasteiger partial charge < -0.3 is 9.80 Å². The Morgan fingerprint density at radius 2 is 1.60 bits per heavy atom. The molecule has 1 atom stereocenters. The molecular weight excluding hydrogens is 372 g/mol. The van der Waals surface area contributed by atoms with E-state index in [2.05, 4.69) is 45.9 Å². The number of nitrogens with zero attached hydrogens (tertiary/aromatic N) is 2. The van der Waals surface area contributed by atoms with Gasteiger partial charge >= 0.3 is 0 Å². The van der Waals surface area contributed by atoms with Gasteiger partial charge in [0.1, 0.15) is 0 Å². The summed E-state index contributed by atoms with van der Waals surface area (Å²) in [6.07, 6.45) is 4.68. The lowest BCUT2D eigenvalue weighted by molar-refractivity contribution is -0.141. The van der Waals surface area contributed by atoms with Crippen molar-refractivity contribution in [1.82, 2.24) is 9.80 Å². The van der Waals surface area contributed by atoms with E-state index >= 15 is 0 Å². The molecule has 0 spiro atoms. The summed E-state index contributed by atoms with van der Waals surface area (Å²) in [5, 5.41) is 0. The lowest BCUT2D eigenvalue weighted by Gasteiger charge is -2.32. The molecule has 0 N–H and O–H groups in total. The monoisotopic (exact) mass is 414 g/mol. The number of amides is 2. The van der Waals surface area contributed by atoms with Gasteiger partial charge in [-0.3, -0.25) is 9.59 Å². The van der Waals surface area contributed by atoms with Crippen LogP contribution in [-0.4, -0.2) is 41.8 Å². The van der Waals surface area contributed by atoms with Crippen molar-refractivity contribution in [1.29, 1.82) is 0 Å². The second kappa shape index (κ2) is 9.53. The third-order valence-electron chi connectivity index (χ3n) is 6.18. The number of benzene rings is 1. The first-order valence-electron chi connectivity index (χ1n) is 11.6. The standard InChI is InChI=1S/C26H42N2O2/c1-9-15-28(16-10-2)24(30)26(6,7)18-19-11-13-21-20(17-19)12-14-22(21)27(8)23(29)25(3,4)5/h11,13,17,22H,9-10,12,14-16,18H2,1-8H3. The molecule has 0 saturated heterocycles. The van der Waals surface area contributed by atoms with E-state index in [9.17, 15) is 9.59 Å². The van der Waals surface area contributed by atoms with Gasteiger partial charge in [-0.2, -0.15) is 0 Å². The molecule has 2 amide bonds. The number of hydrogen-bond donors (Lipinski definition) is 0. The van der Waals surface area contributed by atoms with E-state index in [1.54, 1.807) is 0 Å². The molecule has 30 heavy (non-hydrogen) atoms. The van der Waals surface area contributed by atoms with Gasteiger partial charge in [0.25, 0.3) is 0 Å². The highest BCUT2D eigenvalue weighted by molar-refractivity contribution is 5.82. The molecular formula is C26H42N2O2. The van der Waals surface area contributed by atoms with E-state index in [4.69, 9.17) is 0 Å². The van der Waals surface area contributed by atoms with Crippen LogP contribution >= 0.6 is 0 Å². The van der Waals surface area contributed by atoms with Gasteiger partial charge in [0.05, 0.1) is 6.04 Å². The smallest absolute Gasteiger partial charge is 0.228 e. The summed E-state index contributed by atoms with van der Waals surface area (Å²) in [5.41, 5.74) is 3.01. The van der Waals surface area contributed by atoms with Crippen molar-refractivity contribution in [2.24, 2.45) is 10.8 Å². The quantitative estimate of drug-likeness (QED) is 0.572. The van der Waals surface area contributed by atoms with Gasteiger partial charge in [-0.05, 0) is 48.8 Å². The van der Waals surface area contributed by atoms with Crippen molar-refractivity contribution < 1.29 is 9.59 Å². The summed E-state index contributed by atoms with van der Waals surface area (Å²) in [4.78, 5) is 29.9. The first kappa shape index (κ1) is 24.4. The van der Waals surface area contributed by atoms with Gasteiger partial charge in [-0.25, -0.2) is 0 Å². The average molecular weight is 415 g/mol. The Kier molecular flexibility index (Phi) is 7.76. The van der Waals surface area contributed by atoms with E-state index < -0.39 is 5.41 Å². The van der Waals surface area contributed by atoms with Gasteiger partial charge in [0.2, 0.25) is 11.8 Å². The number of aryl methyl sites for hydroxylation is 1. The molecule has 4 heteroatoms. The predicted octanol–water partition coefficient (Wildman–Crippen LogP) is 5.40. The summed E-state index contributed by atoms with van der Waals surface area (Å²) >= 11 is 0. The molecule has 4 nitrogen and oxygen atoms in total. The maximum atomic E-state index is 13.2. The molecule has 0 fully saturated rings. The van der Waals surface area contributed by atoms with Crippen molar-refractivity contribution >= 4 is 11.8 Å². The second-order valence-electron chi connectivity index (χ2n) is 10.6. The summed E-state index contributed by atoms with van der Waals surface area (Å²) < 4.78 is 0. The zero-order valence-electron chi connectivity index (χ0n) is 20.5. The van der Waals surface area contributed by atoms with Crippen molar-refractivity contribution in [2.75, 3.05) is 20.1 Å². The fraction of sp³-hybridized carbons (Fsp3) is 0.692.